The molecule has 24 heavy (non-hydrogen) atoms. The van der Waals surface area contributed by atoms with Crippen molar-refractivity contribution in [1.82, 2.24) is 15.0 Å². The summed E-state index contributed by atoms with van der Waals surface area (Å²) in [6.07, 6.45) is 1.88. The zero-order valence-electron chi connectivity index (χ0n) is 13.0. The number of nitrogens with zero attached hydrogens (tertiary/aromatic N) is 4. The average Bonchev–Trinajstić information content (AvgIpc) is 3.24. The number of likely N-dealkylation sites (tertiary alicyclic amines) is 1. The topological polar surface area (TPSA) is 118 Å². The van der Waals surface area contributed by atoms with Gasteiger partial charge in [-0.2, -0.15) is 10.2 Å². The van der Waals surface area contributed by atoms with Crippen LogP contribution in [-0.4, -0.2) is 40.6 Å². The van der Waals surface area contributed by atoms with Gasteiger partial charge in [-0.15, -0.1) is 0 Å². The number of hydrogen-bond donors (Lipinski definition) is 1. The van der Waals surface area contributed by atoms with Gasteiger partial charge in [0, 0.05) is 6.54 Å². The van der Waals surface area contributed by atoms with Crippen molar-refractivity contribution in [2.24, 2.45) is 5.73 Å². The number of primary amides is 1. The molecule has 1 aliphatic heterocycles. The van der Waals surface area contributed by atoms with E-state index in [0.29, 0.717) is 30.4 Å². The van der Waals surface area contributed by atoms with Gasteiger partial charge >= 0.3 is 0 Å². The number of nitriles is 1. The van der Waals surface area contributed by atoms with Gasteiger partial charge in [-0.1, -0.05) is 11.2 Å². The Morgan fingerprint density at radius 3 is 3.17 bits per heavy atom. The molecule has 1 saturated heterocycles. The highest BCUT2D eigenvalue weighted by atomic mass is 16.5. The van der Waals surface area contributed by atoms with Crippen molar-refractivity contribution in [3.05, 3.63) is 41.5 Å². The fourth-order valence-corrected chi connectivity index (χ4v) is 2.78. The van der Waals surface area contributed by atoms with Gasteiger partial charge in [0.1, 0.15) is 12.4 Å². The fraction of sp³-hybridized carbons (Fsp3) is 0.375. The summed E-state index contributed by atoms with van der Waals surface area (Å²) in [5.41, 5.74) is 5.71. The summed E-state index contributed by atoms with van der Waals surface area (Å²) in [5.74, 6) is 0.281. The number of aromatic nitrogens is 2. The van der Waals surface area contributed by atoms with E-state index in [1.807, 2.05) is 6.07 Å². The van der Waals surface area contributed by atoms with E-state index in [0.717, 1.165) is 19.4 Å². The summed E-state index contributed by atoms with van der Waals surface area (Å²) >= 11 is 0. The number of benzene rings is 1. The first kappa shape index (κ1) is 16.0. The average molecular weight is 327 g/mol. The van der Waals surface area contributed by atoms with E-state index in [1.165, 1.54) is 0 Å². The Hall–Kier alpha value is -2.92. The number of amides is 1. The van der Waals surface area contributed by atoms with E-state index in [-0.39, 0.29) is 11.9 Å². The van der Waals surface area contributed by atoms with Crippen LogP contribution in [0.25, 0.3) is 0 Å². The molecule has 1 aromatic carbocycles. The summed E-state index contributed by atoms with van der Waals surface area (Å²) in [5, 5.41) is 12.5. The van der Waals surface area contributed by atoms with Crippen molar-refractivity contribution in [3.63, 3.8) is 0 Å². The van der Waals surface area contributed by atoms with Gasteiger partial charge in [-0.05, 0) is 37.6 Å². The number of carbonyl (C=O) groups excluding carboxylic acids is 1. The van der Waals surface area contributed by atoms with Crippen molar-refractivity contribution < 1.29 is 14.1 Å². The molecule has 8 heteroatoms. The summed E-state index contributed by atoms with van der Waals surface area (Å²) < 4.78 is 10.9. The largest absolute Gasteiger partial charge is 0.492 e. The lowest BCUT2D eigenvalue weighted by molar-refractivity contribution is 0.0987. The Balaban J connectivity index is 1.57. The lowest BCUT2D eigenvalue weighted by atomic mass is 10.2. The van der Waals surface area contributed by atoms with Crippen LogP contribution >= 0.6 is 0 Å². The fourth-order valence-electron chi connectivity index (χ4n) is 2.78. The van der Waals surface area contributed by atoms with Crippen molar-refractivity contribution in [3.8, 4) is 11.8 Å². The van der Waals surface area contributed by atoms with Crippen LogP contribution in [-0.2, 0) is 0 Å². The maximum absolute atomic E-state index is 11.1. The molecule has 0 saturated carbocycles. The number of ether oxygens (including phenoxy) is 1. The van der Waals surface area contributed by atoms with Gasteiger partial charge in [-0.25, -0.2) is 0 Å². The Kier molecular flexibility index (Phi) is 4.72. The SMILES string of the molecule is N#Cc1cccc(OCCN2CCCC2c2nc(C(N)=O)no2)c1. The Labute approximate surface area is 138 Å². The molecule has 2 N–H and O–H groups in total. The molecule has 1 aromatic heterocycles. The highest BCUT2D eigenvalue weighted by molar-refractivity contribution is 5.88. The molecule has 0 radical (unpaired) electrons. The van der Waals surface area contributed by atoms with Crippen LogP contribution in [0.4, 0.5) is 0 Å². The van der Waals surface area contributed by atoms with Gasteiger partial charge < -0.3 is 15.0 Å². The molecule has 1 amide bonds. The third kappa shape index (κ3) is 3.52. The number of nitrogens with two attached hydrogens (primary N) is 1. The monoisotopic (exact) mass is 327 g/mol. The molecule has 3 rings (SSSR count). The molecule has 124 valence electrons. The Morgan fingerprint density at radius 2 is 2.42 bits per heavy atom. The van der Waals surface area contributed by atoms with Crippen LogP contribution in [0.15, 0.2) is 28.8 Å². The van der Waals surface area contributed by atoms with Gasteiger partial charge in [0.2, 0.25) is 5.89 Å². The van der Waals surface area contributed by atoms with E-state index in [9.17, 15) is 4.79 Å². The van der Waals surface area contributed by atoms with E-state index in [2.05, 4.69) is 21.1 Å². The van der Waals surface area contributed by atoms with Gasteiger partial charge in [0.05, 0.1) is 17.7 Å². The smallest absolute Gasteiger partial charge is 0.290 e. The lowest BCUT2D eigenvalue weighted by Gasteiger charge is -2.21. The van der Waals surface area contributed by atoms with Crippen molar-refractivity contribution >= 4 is 5.91 Å². The Morgan fingerprint density at radius 1 is 1.54 bits per heavy atom. The Bertz CT molecular complexity index is 767. The molecule has 1 fully saturated rings. The van der Waals surface area contributed by atoms with E-state index >= 15 is 0 Å². The quantitative estimate of drug-likeness (QED) is 0.848. The second-order valence-electron chi connectivity index (χ2n) is 5.50. The molecule has 2 heterocycles. The highest BCUT2D eigenvalue weighted by Crippen LogP contribution is 2.30. The van der Waals surface area contributed by atoms with Crippen molar-refractivity contribution in [2.75, 3.05) is 19.7 Å². The first-order valence-corrected chi connectivity index (χ1v) is 7.68. The third-order valence-electron chi connectivity index (χ3n) is 3.92. The summed E-state index contributed by atoms with van der Waals surface area (Å²) in [4.78, 5) is 17.3. The molecule has 1 aliphatic rings. The lowest BCUT2D eigenvalue weighted by Crippen LogP contribution is -2.28. The molecule has 0 spiro atoms. The highest BCUT2D eigenvalue weighted by Gasteiger charge is 2.31. The van der Waals surface area contributed by atoms with Crippen LogP contribution in [0.1, 0.15) is 41.0 Å². The minimum absolute atomic E-state index is 0.0281. The second kappa shape index (κ2) is 7.10. The molecule has 2 aromatic rings. The van der Waals surface area contributed by atoms with Crippen molar-refractivity contribution in [2.45, 2.75) is 18.9 Å². The molecule has 0 aliphatic carbocycles. The number of rotatable bonds is 6. The minimum atomic E-state index is -0.699. The summed E-state index contributed by atoms with van der Waals surface area (Å²) in [6, 6.07) is 9.10. The maximum atomic E-state index is 11.1. The first-order valence-electron chi connectivity index (χ1n) is 7.68. The van der Waals surface area contributed by atoms with Crippen molar-refractivity contribution in [1.29, 1.82) is 5.26 Å². The number of hydrogen-bond acceptors (Lipinski definition) is 7. The molecule has 1 atom stereocenters. The zero-order valence-corrected chi connectivity index (χ0v) is 13.0. The minimum Gasteiger partial charge on any atom is -0.492 e. The predicted molar refractivity (Wildman–Crippen MR) is 83.0 cm³/mol. The van der Waals surface area contributed by atoms with Gasteiger partial charge in [-0.3, -0.25) is 9.69 Å². The maximum Gasteiger partial charge on any atom is 0.290 e. The normalized spacial score (nSPS) is 17.5. The summed E-state index contributed by atoms with van der Waals surface area (Å²) in [7, 11) is 0. The molecular weight excluding hydrogens is 310 g/mol. The number of carbonyl (C=O) groups is 1. The molecule has 1 unspecified atom stereocenters. The van der Waals surface area contributed by atoms with Crippen LogP contribution in [0.5, 0.6) is 5.75 Å². The summed E-state index contributed by atoms with van der Waals surface area (Å²) in [6.45, 7) is 2.04. The molecule has 0 bridgehead atoms. The van der Waals surface area contributed by atoms with Crippen LogP contribution in [0, 0.1) is 11.3 Å². The van der Waals surface area contributed by atoms with Crippen LogP contribution < -0.4 is 10.5 Å². The van der Waals surface area contributed by atoms with Crippen LogP contribution in [0.2, 0.25) is 0 Å². The molecular formula is C16H17N5O3. The second-order valence-corrected chi connectivity index (χ2v) is 5.50. The van der Waals surface area contributed by atoms with E-state index in [4.69, 9.17) is 20.3 Å². The third-order valence-corrected chi connectivity index (χ3v) is 3.92. The standard InChI is InChI=1S/C16H17N5O3/c17-10-11-3-1-4-12(9-11)23-8-7-21-6-2-5-13(21)16-19-15(14(18)22)20-24-16/h1,3-4,9,13H,2,5-8H2,(H2,18,22). The predicted octanol–water partition coefficient (Wildman–Crippen LogP) is 1.26. The van der Waals surface area contributed by atoms with Gasteiger partial charge in [0.15, 0.2) is 0 Å². The van der Waals surface area contributed by atoms with E-state index in [1.54, 1.807) is 18.2 Å². The van der Waals surface area contributed by atoms with E-state index < -0.39 is 5.91 Å². The first-order chi connectivity index (χ1) is 11.7. The van der Waals surface area contributed by atoms with Crippen LogP contribution in [0.3, 0.4) is 0 Å². The molecule has 8 nitrogen and oxygen atoms in total. The van der Waals surface area contributed by atoms with Gasteiger partial charge in [0.25, 0.3) is 11.7 Å². The zero-order chi connectivity index (χ0) is 16.9.